The maximum absolute atomic E-state index is 12.5. The molecule has 25 heavy (non-hydrogen) atoms. The summed E-state index contributed by atoms with van der Waals surface area (Å²) in [6, 6.07) is 11.2. The number of aromatic nitrogens is 2. The van der Waals surface area contributed by atoms with Crippen LogP contribution in [0.5, 0.6) is 0 Å². The number of hydrogen-bond acceptors (Lipinski definition) is 5. The highest BCUT2D eigenvalue weighted by Crippen LogP contribution is 2.16. The molecule has 0 bridgehead atoms. The molecule has 1 fully saturated rings. The van der Waals surface area contributed by atoms with E-state index in [0.29, 0.717) is 30.6 Å². The second-order valence-corrected chi connectivity index (χ2v) is 6.08. The Labute approximate surface area is 143 Å². The first-order valence-electron chi connectivity index (χ1n) is 8.24. The molecule has 7 heteroatoms. The number of H-pyrrole nitrogens is 1. The Morgan fingerprint density at radius 3 is 2.76 bits per heavy atom. The van der Waals surface area contributed by atoms with Gasteiger partial charge in [0.05, 0.1) is 11.9 Å². The molecule has 0 aliphatic carbocycles. The molecule has 1 aliphatic rings. The van der Waals surface area contributed by atoms with Crippen LogP contribution < -0.4 is 10.7 Å². The molecule has 0 unspecified atom stereocenters. The summed E-state index contributed by atoms with van der Waals surface area (Å²) in [5.41, 5.74) is 1.99. The third kappa shape index (κ3) is 3.26. The van der Waals surface area contributed by atoms with Gasteiger partial charge in [0.15, 0.2) is 5.58 Å². The SMILES string of the molecule is O=C(Cc1ccc2oc(=O)[nH]c2c1)N1CCN(c2ccccn2)CC1. The number of piperazine rings is 1. The quantitative estimate of drug-likeness (QED) is 0.781. The molecule has 0 spiro atoms. The number of amides is 1. The van der Waals surface area contributed by atoms with E-state index in [1.54, 1.807) is 18.3 Å². The monoisotopic (exact) mass is 338 g/mol. The van der Waals surface area contributed by atoms with E-state index in [1.807, 2.05) is 29.2 Å². The molecule has 3 aromatic rings. The van der Waals surface area contributed by atoms with Crippen LogP contribution in [0.15, 0.2) is 51.8 Å². The summed E-state index contributed by atoms with van der Waals surface area (Å²) in [6.45, 7) is 2.91. The van der Waals surface area contributed by atoms with Crippen LogP contribution in [0.1, 0.15) is 5.56 Å². The van der Waals surface area contributed by atoms with E-state index >= 15 is 0 Å². The number of anilines is 1. The van der Waals surface area contributed by atoms with Crippen molar-refractivity contribution in [2.24, 2.45) is 0 Å². The van der Waals surface area contributed by atoms with E-state index < -0.39 is 5.76 Å². The number of rotatable bonds is 3. The van der Waals surface area contributed by atoms with Gasteiger partial charge in [-0.1, -0.05) is 12.1 Å². The van der Waals surface area contributed by atoms with Gasteiger partial charge in [-0.05, 0) is 29.8 Å². The highest BCUT2D eigenvalue weighted by molar-refractivity contribution is 5.81. The summed E-state index contributed by atoms with van der Waals surface area (Å²) >= 11 is 0. The van der Waals surface area contributed by atoms with Crippen molar-refractivity contribution in [2.45, 2.75) is 6.42 Å². The molecule has 1 amide bonds. The van der Waals surface area contributed by atoms with Crippen LogP contribution >= 0.6 is 0 Å². The fourth-order valence-electron chi connectivity index (χ4n) is 3.12. The first kappa shape index (κ1) is 15.4. The summed E-state index contributed by atoms with van der Waals surface area (Å²) in [4.78, 5) is 34.8. The molecule has 2 aromatic heterocycles. The Morgan fingerprint density at radius 2 is 2.00 bits per heavy atom. The summed E-state index contributed by atoms with van der Waals surface area (Å²) in [5, 5.41) is 0. The van der Waals surface area contributed by atoms with Gasteiger partial charge in [-0.2, -0.15) is 0 Å². The van der Waals surface area contributed by atoms with E-state index in [9.17, 15) is 9.59 Å². The number of nitrogens with zero attached hydrogens (tertiary/aromatic N) is 3. The van der Waals surface area contributed by atoms with Crippen molar-refractivity contribution in [3.63, 3.8) is 0 Å². The second kappa shape index (κ2) is 6.43. The van der Waals surface area contributed by atoms with E-state index in [4.69, 9.17) is 4.42 Å². The van der Waals surface area contributed by atoms with E-state index in [2.05, 4.69) is 14.9 Å². The Hall–Kier alpha value is -3.09. The molecular weight excluding hydrogens is 320 g/mol. The molecule has 1 aliphatic heterocycles. The largest absolute Gasteiger partial charge is 0.417 e. The number of fused-ring (bicyclic) bond motifs is 1. The molecule has 1 N–H and O–H groups in total. The van der Waals surface area contributed by atoms with Crippen molar-refractivity contribution in [1.82, 2.24) is 14.9 Å². The zero-order chi connectivity index (χ0) is 17.2. The van der Waals surface area contributed by atoms with Crippen LogP contribution in [0.4, 0.5) is 5.82 Å². The van der Waals surface area contributed by atoms with Crippen LogP contribution in [0.25, 0.3) is 11.1 Å². The van der Waals surface area contributed by atoms with Crippen LogP contribution in [0.3, 0.4) is 0 Å². The van der Waals surface area contributed by atoms with Gasteiger partial charge in [0.25, 0.3) is 0 Å². The van der Waals surface area contributed by atoms with Gasteiger partial charge in [0, 0.05) is 32.4 Å². The summed E-state index contributed by atoms with van der Waals surface area (Å²) in [6.07, 6.45) is 2.09. The Morgan fingerprint density at radius 1 is 1.16 bits per heavy atom. The van der Waals surface area contributed by atoms with E-state index in [0.717, 1.165) is 24.5 Å². The molecule has 7 nitrogen and oxygen atoms in total. The topological polar surface area (TPSA) is 82.4 Å². The molecule has 3 heterocycles. The lowest BCUT2D eigenvalue weighted by Crippen LogP contribution is -2.49. The van der Waals surface area contributed by atoms with Gasteiger partial charge in [0.1, 0.15) is 5.82 Å². The number of nitrogens with one attached hydrogen (secondary N) is 1. The van der Waals surface area contributed by atoms with Crippen LogP contribution in [0.2, 0.25) is 0 Å². The van der Waals surface area contributed by atoms with Crippen molar-refractivity contribution < 1.29 is 9.21 Å². The predicted octanol–water partition coefficient (Wildman–Crippen LogP) is 1.41. The van der Waals surface area contributed by atoms with Gasteiger partial charge in [0.2, 0.25) is 5.91 Å². The highest BCUT2D eigenvalue weighted by Gasteiger charge is 2.22. The van der Waals surface area contributed by atoms with Crippen molar-refractivity contribution in [1.29, 1.82) is 0 Å². The molecule has 4 rings (SSSR count). The summed E-state index contributed by atoms with van der Waals surface area (Å²) in [7, 11) is 0. The maximum atomic E-state index is 12.5. The number of hydrogen-bond donors (Lipinski definition) is 1. The number of oxazole rings is 1. The van der Waals surface area contributed by atoms with E-state index in [-0.39, 0.29) is 5.91 Å². The van der Waals surface area contributed by atoms with Crippen molar-refractivity contribution in [3.8, 4) is 0 Å². The first-order valence-corrected chi connectivity index (χ1v) is 8.24. The average molecular weight is 338 g/mol. The third-order valence-electron chi connectivity index (χ3n) is 4.44. The molecule has 128 valence electrons. The second-order valence-electron chi connectivity index (χ2n) is 6.08. The summed E-state index contributed by atoms with van der Waals surface area (Å²) < 4.78 is 4.98. The molecule has 0 radical (unpaired) electrons. The predicted molar refractivity (Wildman–Crippen MR) is 93.6 cm³/mol. The van der Waals surface area contributed by atoms with Gasteiger partial charge in [-0.3, -0.25) is 9.78 Å². The zero-order valence-corrected chi connectivity index (χ0v) is 13.6. The molecular formula is C18H18N4O3. The first-order chi connectivity index (χ1) is 12.2. The Kier molecular flexibility index (Phi) is 3.97. The normalized spacial score (nSPS) is 14.9. The minimum absolute atomic E-state index is 0.0888. The molecule has 1 saturated heterocycles. The van der Waals surface area contributed by atoms with Gasteiger partial charge in [-0.25, -0.2) is 9.78 Å². The number of carbonyl (C=O) groups excluding carboxylic acids is 1. The fraction of sp³-hybridized carbons (Fsp3) is 0.278. The van der Waals surface area contributed by atoms with Crippen molar-refractivity contribution in [2.75, 3.05) is 31.1 Å². The highest BCUT2D eigenvalue weighted by atomic mass is 16.4. The lowest BCUT2D eigenvalue weighted by Gasteiger charge is -2.35. The van der Waals surface area contributed by atoms with Crippen molar-refractivity contribution >= 4 is 22.8 Å². The molecule has 1 aromatic carbocycles. The van der Waals surface area contributed by atoms with Crippen LogP contribution in [-0.2, 0) is 11.2 Å². The molecule has 0 saturated carbocycles. The van der Waals surface area contributed by atoms with Gasteiger partial charge in [-0.15, -0.1) is 0 Å². The summed E-state index contributed by atoms with van der Waals surface area (Å²) in [5.74, 6) is 0.555. The number of carbonyl (C=O) groups is 1. The fourth-order valence-corrected chi connectivity index (χ4v) is 3.12. The number of aromatic amines is 1. The standard InChI is InChI=1S/C18H18N4O3/c23-17(12-13-4-5-15-14(11-13)20-18(24)25-15)22-9-7-21(8-10-22)16-3-1-2-6-19-16/h1-6,11H,7-10,12H2,(H,20,24). The number of benzene rings is 1. The lowest BCUT2D eigenvalue weighted by molar-refractivity contribution is -0.130. The van der Waals surface area contributed by atoms with Crippen LogP contribution in [0, 0.1) is 0 Å². The average Bonchev–Trinajstić information content (AvgIpc) is 3.02. The van der Waals surface area contributed by atoms with Crippen molar-refractivity contribution in [3.05, 3.63) is 58.7 Å². The van der Waals surface area contributed by atoms with Gasteiger partial charge >= 0.3 is 5.76 Å². The minimum Gasteiger partial charge on any atom is -0.408 e. The Bertz CT molecular complexity index is 940. The molecule has 0 atom stereocenters. The number of pyridine rings is 1. The smallest absolute Gasteiger partial charge is 0.408 e. The van der Waals surface area contributed by atoms with Crippen LogP contribution in [-0.4, -0.2) is 47.0 Å². The Balaban J connectivity index is 1.39. The lowest BCUT2D eigenvalue weighted by atomic mass is 10.1. The van der Waals surface area contributed by atoms with E-state index in [1.165, 1.54) is 0 Å². The minimum atomic E-state index is -0.482. The maximum Gasteiger partial charge on any atom is 0.417 e. The zero-order valence-electron chi connectivity index (χ0n) is 13.6. The third-order valence-corrected chi connectivity index (χ3v) is 4.44. The van der Waals surface area contributed by atoms with Gasteiger partial charge < -0.3 is 14.2 Å².